The van der Waals surface area contributed by atoms with E-state index in [1.165, 1.54) is 12.0 Å². The van der Waals surface area contributed by atoms with Gasteiger partial charge in [0.2, 0.25) is 0 Å². The van der Waals surface area contributed by atoms with E-state index in [0.29, 0.717) is 28.3 Å². The first kappa shape index (κ1) is 21.2. The minimum atomic E-state index is -0.837. The molecular weight excluding hydrogens is 406 g/mol. The maximum Gasteiger partial charge on any atom is 0.300 e. The second kappa shape index (κ2) is 8.59. The van der Waals surface area contributed by atoms with E-state index in [9.17, 15) is 14.7 Å². The van der Waals surface area contributed by atoms with Crippen LogP contribution in [0.4, 0.5) is 5.69 Å². The molecule has 1 aliphatic heterocycles. The lowest BCUT2D eigenvalue weighted by Crippen LogP contribution is -2.30. The second-order valence-electron chi connectivity index (χ2n) is 7.43. The highest BCUT2D eigenvalue weighted by molar-refractivity contribution is 6.51. The fourth-order valence-corrected chi connectivity index (χ4v) is 4.03. The topological polar surface area (TPSA) is 76.1 Å². The zero-order valence-corrected chi connectivity index (χ0v) is 18.0. The zero-order chi connectivity index (χ0) is 22.8. The number of benzene rings is 3. The number of carbonyl (C=O) groups excluding carboxylic acids is 2. The van der Waals surface area contributed by atoms with E-state index in [1.54, 1.807) is 61.7 Å². The van der Waals surface area contributed by atoms with Crippen LogP contribution in [0.2, 0.25) is 0 Å². The number of para-hydroxylation sites is 2. The van der Waals surface area contributed by atoms with Gasteiger partial charge < -0.3 is 14.6 Å². The number of nitrogens with zero attached hydrogens (tertiary/aromatic N) is 1. The lowest BCUT2D eigenvalue weighted by molar-refractivity contribution is -0.132. The minimum absolute atomic E-state index is 0.00370. The van der Waals surface area contributed by atoms with Gasteiger partial charge in [-0.2, -0.15) is 0 Å². The number of aliphatic hydroxyl groups excluding tert-OH is 1. The van der Waals surface area contributed by atoms with Crippen molar-refractivity contribution in [1.29, 1.82) is 0 Å². The van der Waals surface area contributed by atoms with Gasteiger partial charge in [-0.3, -0.25) is 14.5 Å². The fourth-order valence-electron chi connectivity index (χ4n) is 4.03. The van der Waals surface area contributed by atoms with Gasteiger partial charge in [-0.1, -0.05) is 42.5 Å². The highest BCUT2D eigenvalue weighted by atomic mass is 16.5. The molecule has 1 saturated heterocycles. The zero-order valence-electron chi connectivity index (χ0n) is 18.0. The number of rotatable bonds is 5. The van der Waals surface area contributed by atoms with Gasteiger partial charge in [0.05, 0.1) is 31.4 Å². The summed E-state index contributed by atoms with van der Waals surface area (Å²) in [5.41, 5.74) is 2.41. The van der Waals surface area contributed by atoms with Gasteiger partial charge in [-0.15, -0.1) is 0 Å². The first-order valence-corrected chi connectivity index (χ1v) is 10.1. The Kier molecular flexibility index (Phi) is 5.69. The first-order chi connectivity index (χ1) is 15.5. The number of anilines is 1. The van der Waals surface area contributed by atoms with Crippen LogP contribution >= 0.6 is 0 Å². The summed E-state index contributed by atoms with van der Waals surface area (Å²) in [4.78, 5) is 28.0. The average molecular weight is 429 g/mol. The second-order valence-corrected chi connectivity index (χ2v) is 7.43. The van der Waals surface area contributed by atoms with Gasteiger partial charge >= 0.3 is 0 Å². The Bertz CT molecular complexity index is 1230. The van der Waals surface area contributed by atoms with Crippen molar-refractivity contribution in [1.82, 2.24) is 0 Å². The SMILES string of the molecule is COc1cccc(C2/C(=C(/O)c3ccccc3OC)C(=O)C(=O)N2c2ccccc2C)c1. The monoisotopic (exact) mass is 429 g/mol. The molecule has 0 aliphatic carbocycles. The smallest absolute Gasteiger partial charge is 0.300 e. The number of hydrogen-bond acceptors (Lipinski definition) is 5. The van der Waals surface area contributed by atoms with Gasteiger partial charge in [0.15, 0.2) is 0 Å². The maximum absolute atomic E-state index is 13.3. The number of methoxy groups -OCH3 is 2. The van der Waals surface area contributed by atoms with Crippen LogP contribution in [0.3, 0.4) is 0 Å². The molecule has 1 N–H and O–H groups in total. The number of aliphatic hydroxyl groups is 1. The Balaban J connectivity index is 2.00. The van der Waals surface area contributed by atoms with E-state index in [0.717, 1.165) is 5.56 Å². The highest BCUT2D eigenvalue weighted by Gasteiger charge is 2.47. The molecule has 162 valence electrons. The molecule has 4 rings (SSSR count). The Hall–Kier alpha value is -4.06. The van der Waals surface area contributed by atoms with E-state index >= 15 is 0 Å². The number of Topliss-reactive ketones (excluding diaryl/α,β-unsaturated/α-hetero) is 1. The van der Waals surface area contributed by atoms with Crippen LogP contribution in [0.25, 0.3) is 5.76 Å². The van der Waals surface area contributed by atoms with E-state index in [4.69, 9.17) is 9.47 Å². The van der Waals surface area contributed by atoms with Crippen LogP contribution in [0.15, 0.2) is 78.4 Å². The lowest BCUT2D eigenvalue weighted by atomic mass is 9.94. The van der Waals surface area contributed by atoms with Crippen LogP contribution in [-0.2, 0) is 9.59 Å². The molecule has 1 amide bonds. The molecule has 3 aromatic rings. The fraction of sp³-hybridized carbons (Fsp3) is 0.154. The van der Waals surface area contributed by atoms with Gasteiger partial charge in [0, 0.05) is 5.69 Å². The summed E-state index contributed by atoms with van der Waals surface area (Å²) in [6.07, 6.45) is 0. The third kappa shape index (κ3) is 3.50. The molecule has 1 fully saturated rings. The summed E-state index contributed by atoms with van der Waals surface area (Å²) in [7, 11) is 3.03. The summed E-state index contributed by atoms with van der Waals surface area (Å²) in [6.45, 7) is 1.87. The van der Waals surface area contributed by atoms with Crippen molar-refractivity contribution < 1.29 is 24.2 Å². The molecule has 0 aromatic heterocycles. The van der Waals surface area contributed by atoms with Crippen LogP contribution in [0.1, 0.15) is 22.7 Å². The van der Waals surface area contributed by atoms with Crippen molar-refractivity contribution in [3.8, 4) is 11.5 Å². The Morgan fingerprint density at radius 2 is 1.62 bits per heavy atom. The third-order valence-electron chi connectivity index (χ3n) is 5.59. The molecule has 0 bridgehead atoms. The van der Waals surface area contributed by atoms with E-state index in [1.807, 2.05) is 25.1 Å². The van der Waals surface area contributed by atoms with Crippen molar-refractivity contribution in [3.05, 3.63) is 95.1 Å². The van der Waals surface area contributed by atoms with Crippen molar-refractivity contribution in [2.24, 2.45) is 0 Å². The molecular formula is C26H23NO5. The van der Waals surface area contributed by atoms with Crippen LogP contribution in [-0.4, -0.2) is 31.0 Å². The molecule has 0 saturated carbocycles. The molecule has 0 radical (unpaired) electrons. The summed E-state index contributed by atoms with van der Waals surface area (Å²) < 4.78 is 10.7. The summed E-state index contributed by atoms with van der Waals surface area (Å²) in [5.74, 6) is -0.774. The van der Waals surface area contributed by atoms with E-state index in [-0.39, 0.29) is 11.3 Å². The molecule has 1 aliphatic rings. The number of hydrogen-bond donors (Lipinski definition) is 1. The minimum Gasteiger partial charge on any atom is -0.507 e. The Morgan fingerprint density at radius 3 is 2.34 bits per heavy atom. The van der Waals surface area contributed by atoms with E-state index < -0.39 is 17.7 Å². The summed E-state index contributed by atoms with van der Waals surface area (Å²) in [6, 6.07) is 20.5. The number of amides is 1. The summed E-state index contributed by atoms with van der Waals surface area (Å²) >= 11 is 0. The first-order valence-electron chi connectivity index (χ1n) is 10.1. The Morgan fingerprint density at radius 1 is 0.906 bits per heavy atom. The molecule has 6 nitrogen and oxygen atoms in total. The highest BCUT2D eigenvalue weighted by Crippen LogP contribution is 2.44. The molecule has 1 atom stereocenters. The predicted octanol–water partition coefficient (Wildman–Crippen LogP) is 4.64. The molecule has 0 spiro atoms. The maximum atomic E-state index is 13.3. The number of carbonyl (C=O) groups is 2. The Labute approximate surface area is 186 Å². The quantitative estimate of drug-likeness (QED) is 0.363. The van der Waals surface area contributed by atoms with Gasteiger partial charge in [0.25, 0.3) is 11.7 Å². The van der Waals surface area contributed by atoms with Gasteiger partial charge in [-0.25, -0.2) is 0 Å². The summed E-state index contributed by atoms with van der Waals surface area (Å²) in [5, 5.41) is 11.3. The van der Waals surface area contributed by atoms with Crippen molar-refractivity contribution >= 4 is 23.1 Å². The molecule has 6 heteroatoms. The van der Waals surface area contributed by atoms with E-state index in [2.05, 4.69) is 0 Å². The number of ketones is 1. The number of ether oxygens (including phenoxy) is 2. The van der Waals surface area contributed by atoms with Gasteiger partial charge in [-0.05, 0) is 48.4 Å². The lowest BCUT2D eigenvalue weighted by Gasteiger charge is -2.27. The van der Waals surface area contributed by atoms with Crippen LogP contribution in [0.5, 0.6) is 11.5 Å². The average Bonchev–Trinajstić information content (AvgIpc) is 3.09. The molecule has 1 unspecified atom stereocenters. The van der Waals surface area contributed by atoms with Crippen molar-refractivity contribution in [2.75, 3.05) is 19.1 Å². The molecule has 1 heterocycles. The molecule has 32 heavy (non-hydrogen) atoms. The third-order valence-corrected chi connectivity index (χ3v) is 5.59. The largest absolute Gasteiger partial charge is 0.507 e. The van der Waals surface area contributed by atoms with Crippen LogP contribution in [0, 0.1) is 6.92 Å². The predicted molar refractivity (Wildman–Crippen MR) is 122 cm³/mol. The van der Waals surface area contributed by atoms with Gasteiger partial charge in [0.1, 0.15) is 17.3 Å². The van der Waals surface area contributed by atoms with Crippen molar-refractivity contribution in [2.45, 2.75) is 13.0 Å². The normalized spacial score (nSPS) is 17.5. The van der Waals surface area contributed by atoms with Crippen molar-refractivity contribution in [3.63, 3.8) is 0 Å². The van der Waals surface area contributed by atoms with Crippen LogP contribution < -0.4 is 14.4 Å². The number of aryl methyl sites for hydroxylation is 1. The standard InChI is InChI=1S/C26H23NO5/c1-16-9-4-6-13-20(16)27-23(17-10-8-11-18(15-17)31-2)22(25(29)26(27)30)24(28)19-12-5-7-14-21(19)32-3/h4-15,23,28H,1-3H3/b24-22-. The molecule has 3 aromatic carbocycles.